The topological polar surface area (TPSA) is 38.3 Å². The molecule has 1 unspecified atom stereocenters. The summed E-state index contributed by atoms with van der Waals surface area (Å²) in [5, 5.41) is 2.80. The van der Waals surface area contributed by atoms with Crippen LogP contribution in [0.4, 0.5) is 8.78 Å². The van der Waals surface area contributed by atoms with E-state index in [1.54, 1.807) is 6.92 Å². The number of esters is 1. The van der Waals surface area contributed by atoms with Crippen LogP contribution in [0.5, 0.6) is 0 Å². The first kappa shape index (κ1) is 10.9. The first-order valence-corrected chi connectivity index (χ1v) is 4.25. The Labute approximate surface area is 80.8 Å². The Kier molecular flexibility index (Phi) is 3.42. The van der Waals surface area contributed by atoms with Crippen molar-refractivity contribution in [3.63, 3.8) is 0 Å². The SMILES string of the molecule is CC#CCNCC1CC(F)(F)C(=O)O1. The number of hydrogen-bond acceptors (Lipinski definition) is 3. The molecule has 0 aromatic carbocycles. The number of ether oxygens (including phenoxy) is 1. The molecule has 1 rings (SSSR count). The van der Waals surface area contributed by atoms with E-state index in [0.29, 0.717) is 6.54 Å². The minimum absolute atomic E-state index is 0.218. The first-order chi connectivity index (χ1) is 6.56. The maximum atomic E-state index is 12.6. The van der Waals surface area contributed by atoms with Gasteiger partial charge in [0.2, 0.25) is 0 Å². The monoisotopic (exact) mass is 203 g/mol. The average Bonchev–Trinajstić information content (AvgIpc) is 2.35. The van der Waals surface area contributed by atoms with Crippen LogP contribution in [0.25, 0.3) is 0 Å². The second-order valence-electron chi connectivity index (χ2n) is 2.99. The van der Waals surface area contributed by atoms with Gasteiger partial charge >= 0.3 is 11.9 Å². The van der Waals surface area contributed by atoms with E-state index in [4.69, 9.17) is 0 Å². The minimum atomic E-state index is -3.32. The third kappa shape index (κ3) is 2.67. The molecule has 0 amide bonds. The van der Waals surface area contributed by atoms with Crippen LogP contribution in [0.1, 0.15) is 13.3 Å². The van der Waals surface area contributed by atoms with E-state index in [-0.39, 0.29) is 6.54 Å². The van der Waals surface area contributed by atoms with Crippen molar-refractivity contribution in [1.29, 1.82) is 0 Å². The highest BCUT2D eigenvalue weighted by atomic mass is 19.3. The Morgan fingerprint density at radius 2 is 2.43 bits per heavy atom. The van der Waals surface area contributed by atoms with Crippen LogP contribution in [0.15, 0.2) is 0 Å². The fourth-order valence-corrected chi connectivity index (χ4v) is 1.15. The Morgan fingerprint density at radius 3 is 2.93 bits per heavy atom. The fraction of sp³-hybridized carbons (Fsp3) is 0.667. The summed E-state index contributed by atoms with van der Waals surface area (Å²) in [7, 11) is 0. The zero-order chi connectivity index (χ0) is 10.6. The molecule has 5 heteroatoms. The molecule has 0 bridgehead atoms. The van der Waals surface area contributed by atoms with Gasteiger partial charge in [0.15, 0.2) is 0 Å². The predicted octanol–water partition coefficient (Wildman–Crippen LogP) is 0.550. The third-order valence-electron chi connectivity index (χ3n) is 1.82. The summed E-state index contributed by atoms with van der Waals surface area (Å²) in [6.45, 7) is 2.32. The maximum Gasteiger partial charge on any atom is 0.377 e. The normalized spacial score (nSPS) is 23.9. The molecule has 1 heterocycles. The molecule has 0 aliphatic carbocycles. The summed E-state index contributed by atoms with van der Waals surface area (Å²) in [6, 6.07) is 0. The van der Waals surface area contributed by atoms with E-state index in [2.05, 4.69) is 21.9 Å². The molecule has 1 aliphatic rings. The maximum absolute atomic E-state index is 12.6. The molecule has 1 fully saturated rings. The molecule has 1 N–H and O–H groups in total. The number of halogens is 2. The molecule has 1 saturated heterocycles. The molecule has 0 spiro atoms. The van der Waals surface area contributed by atoms with E-state index < -0.39 is 24.4 Å². The number of hydrogen-bond donors (Lipinski definition) is 1. The smallest absolute Gasteiger partial charge is 0.377 e. The number of carbonyl (C=O) groups excluding carboxylic acids is 1. The van der Waals surface area contributed by atoms with Crippen LogP contribution in [-0.2, 0) is 9.53 Å². The zero-order valence-corrected chi connectivity index (χ0v) is 7.77. The summed E-state index contributed by atoms with van der Waals surface area (Å²) in [6.07, 6.45) is -1.28. The van der Waals surface area contributed by atoms with Gasteiger partial charge in [-0.1, -0.05) is 5.92 Å². The van der Waals surface area contributed by atoms with E-state index in [9.17, 15) is 13.6 Å². The van der Waals surface area contributed by atoms with Crippen molar-refractivity contribution in [2.45, 2.75) is 25.4 Å². The van der Waals surface area contributed by atoms with Crippen molar-refractivity contribution in [2.24, 2.45) is 0 Å². The van der Waals surface area contributed by atoms with Gasteiger partial charge in [0, 0.05) is 6.54 Å². The standard InChI is InChI=1S/C9H11F2NO2/c1-2-3-4-12-6-7-5-9(10,11)8(13)14-7/h7,12H,4-6H2,1H3. The summed E-state index contributed by atoms with van der Waals surface area (Å²) < 4.78 is 29.7. The third-order valence-corrected chi connectivity index (χ3v) is 1.82. The minimum Gasteiger partial charge on any atom is -0.456 e. The lowest BCUT2D eigenvalue weighted by Gasteiger charge is -2.07. The number of rotatable bonds is 3. The Bertz CT molecular complexity index is 280. The van der Waals surface area contributed by atoms with Gasteiger partial charge < -0.3 is 10.1 Å². The molecule has 78 valence electrons. The van der Waals surface area contributed by atoms with Gasteiger partial charge in [0.1, 0.15) is 6.10 Å². The molecular weight excluding hydrogens is 192 g/mol. The van der Waals surface area contributed by atoms with E-state index >= 15 is 0 Å². The van der Waals surface area contributed by atoms with Gasteiger partial charge in [-0.25, -0.2) is 4.79 Å². The summed E-state index contributed by atoms with van der Waals surface area (Å²) in [5.74, 6) is 0.623. The van der Waals surface area contributed by atoms with Crippen LogP contribution in [0, 0.1) is 11.8 Å². The Balaban J connectivity index is 2.28. The second-order valence-corrected chi connectivity index (χ2v) is 2.99. The van der Waals surface area contributed by atoms with Gasteiger partial charge in [0.25, 0.3) is 0 Å². The van der Waals surface area contributed by atoms with E-state index in [1.165, 1.54) is 0 Å². The van der Waals surface area contributed by atoms with Crippen molar-refractivity contribution in [1.82, 2.24) is 5.32 Å². The van der Waals surface area contributed by atoms with Crippen LogP contribution in [0.3, 0.4) is 0 Å². The van der Waals surface area contributed by atoms with Gasteiger partial charge in [-0.05, 0) is 6.92 Å². The number of alkyl halides is 2. The number of carbonyl (C=O) groups is 1. The lowest BCUT2D eigenvalue weighted by molar-refractivity contribution is -0.158. The summed E-state index contributed by atoms with van der Waals surface area (Å²) in [5.41, 5.74) is 0. The molecule has 0 aromatic rings. The lowest BCUT2D eigenvalue weighted by Crippen LogP contribution is -2.27. The van der Waals surface area contributed by atoms with Crippen molar-refractivity contribution in [3.8, 4) is 11.8 Å². The van der Waals surface area contributed by atoms with Crippen LogP contribution in [0.2, 0.25) is 0 Å². The van der Waals surface area contributed by atoms with Gasteiger partial charge in [0.05, 0.1) is 13.0 Å². The molecule has 1 atom stereocenters. The largest absolute Gasteiger partial charge is 0.456 e. The van der Waals surface area contributed by atoms with Crippen molar-refractivity contribution >= 4 is 5.97 Å². The molecule has 0 aromatic heterocycles. The molecule has 0 saturated carbocycles. The number of nitrogens with one attached hydrogen (secondary N) is 1. The summed E-state index contributed by atoms with van der Waals surface area (Å²) in [4.78, 5) is 10.6. The van der Waals surface area contributed by atoms with Crippen molar-refractivity contribution in [3.05, 3.63) is 0 Å². The molecular formula is C9H11F2NO2. The second kappa shape index (κ2) is 4.38. The predicted molar refractivity (Wildman–Crippen MR) is 45.8 cm³/mol. The van der Waals surface area contributed by atoms with Crippen molar-refractivity contribution in [2.75, 3.05) is 13.1 Å². The molecule has 14 heavy (non-hydrogen) atoms. The highest BCUT2D eigenvalue weighted by Crippen LogP contribution is 2.30. The van der Waals surface area contributed by atoms with Gasteiger partial charge in [-0.15, -0.1) is 5.92 Å². The Morgan fingerprint density at radius 1 is 1.71 bits per heavy atom. The van der Waals surface area contributed by atoms with E-state index in [1.807, 2.05) is 0 Å². The van der Waals surface area contributed by atoms with Gasteiger partial charge in [-0.2, -0.15) is 8.78 Å². The fourth-order valence-electron chi connectivity index (χ4n) is 1.15. The quantitative estimate of drug-likeness (QED) is 0.413. The Hall–Kier alpha value is -1.15. The average molecular weight is 203 g/mol. The van der Waals surface area contributed by atoms with Crippen LogP contribution >= 0.6 is 0 Å². The van der Waals surface area contributed by atoms with Crippen LogP contribution in [-0.4, -0.2) is 31.1 Å². The molecule has 0 radical (unpaired) electrons. The van der Waals surface area contributed by atoms with Gasteiger partial charge in [-0.3, -0.25) is 0 Å². The molecule has 1 aliphatic heterocycles. The lowest BCUT2D eigenvalue weighted by atomic mass is 10.2. The highest BCUT2D eigenvalue weighted by molar-refractivity contribution is 5.79. The zero-order valence-electron chi connectivity index (χ0n) is 7.77. The highest BCUT2D eigenvalue weighted by Gasteiger charge is 2.50. The number of cyclic esters (lactones) is 1. The summed E-state index contributed by atoms with van der Waals surface area (Å²) >= 11 is 0. The molecule has 3 nitrogen and oxygen atoms in total. The van der Waals surface area contributed by atoms with E-state index in [0.717, 1.165) is 0 Å². The van der Waals surface area contributed by atoms with Crippen LogP contribution < -0.4 is 5.32 Å². The first-order valence-electron chi connectivity index (χ1n) is 4.25. The van der Waals surface area contributed by atoms with Crippen molar-refractivity contribution < 1.29 is 18.3 Å².